The Hall–Kier alpha value is -4.46. The van der Waals surface area contributed by atoms with E-state index in [0.29, 0.717) is 22.6 Å². The molecule has 1 amide bonds. The highest BCUT2D eigenvalue weighted by Crippen LogP contribution is 2.40. The highest BCUT2D eigenvalue weighted by Gasteiger charge is 2.29. The van der Waals surface area contributed by atoms with Gasteiger partial charge in [-0.15, -0.1) is 11.3 Å². The number of carboxylic acid groups (broad SMARTS) is 2. The predicted octanol–water partition coefficient (Wildman–Crippen LogP) is 4.55. The van der Waals surface area contributed by atoms with Crippen LogP contribution in [-0.4, -0.2) is 71.2 Å². The number of pyridine rings is 1. The maximum absolute atomic E-state index is 15.5. The van der Waals surface area contributed by atoms with Crippen molar-refractivity contribution in [1.82, 2.24) is 9.88 Å². The quantitative estimate of drug-likeness (QED) is 0.179. The molecule has 0 radical (unpaired) electrons. The Morgan fingerprint density at radius 2 is 1.61 bits per heavy atom. The number of amides is 1. The van der Waals surface area contributed by atoms with Crippen LogP contribution in [0.15, 0.2) is 18.2 Å². The normalized spacial score (nSPS) is 13.7. The smallest absolute Gasteiger partial charge is 0.306 e. The predicted molar refractivity (Wildman–Crippen MR) is 156 cm³/mol. The number of nitrogens with zero attached hydrogens (tertiary/aromatic N) is 2. The number of halogens is 1. The zero-order chi connectivity index (χ0) is 32.1. The number of carbonyl (C=O) groups is 4. The molecule has 1 aliphatic rings. The number of ether oxygens (including phenoxy) is 4. The van der Waals surface area contributed by atoms with Crippen LogP contribution < -0.4 is 18.9 Å². The Morgan fingerprint density at radius 1 is 0.955 bits per heavy atom. The summed E-state index contributed by atoms with van der Waals surface area (Å²) in [5, 5.41) is 18.4. The number of Topliss-reactive ketones (excluding diaryl/α,β-unsaturated/α-hetero) is 1. The summed E-state index contributed by atoms with van der Waals surface area (Å²) in [7, 11) is 2.84. The van der Waals surface area contributed by atoms with Crippen LogP contribution >= 0.6 is 11.3 Å². The van der Waals surface area contributed by atoms with Crippen molar-refractivity contribution in [3.8, 4) is 23.1 Å². The van der Waals surface area contributed by atoms with E-state index in [4.69, 9.17) is 29.2 Å². The van der Waals surface area contributed by atoms with E-state index >= 15 is 4.39 Å². The van der Waals surface area contributed by atoms with Gasteiger partial charge in [0.15, 0.2) is 28.8 Å². The summed E-state index contributed by atoms with van der Waals surface area (Å²) in [6.07, 6.45) is 0.0250. The maximum Gasteiger partial charge on any atom is 0.306 e. The second kappa shape index (κ2) is 13.9. The molecule has 0 fully saturated rings. The molecule has 2 aromatic heterocycles. The zero-order valence-corrected chi connectivity index (χ0v) is 25.5. The molecule has 1 aromatic carbocycles. The van der Waals surface area contributed by atoms with Gasteiger partial charge in [-0.1, -0.05) is 13.8 Å². The molecular formula is C30H33FN2O10S. The molecule has 0 saturated heterocycles. The molecule has 44 heavy (non-hydrogen) atoms. The van der Waals surface area contributed by atoms with E-state index in [1.165, 1.54) is 39.0 Å². The number of carbonyl (C=O) groups excluding carboxylic acids is 2. The van der Waals surface area contributed by atoms with E-state index in [0.717, 1.165) is 16.9 Å². The van der Waals surface area contributed by atoms with Gasteiger partial charge < -0.3 is 34.1 Å². The topological polar surface area (TPSA) is 162 Å². The highest BCUT2D eigenvalue weighted by atomic mass is 32.1. The minimum Gasteiger partial charge on any atom is -0.493 e. The number of carboxylic acids is 2. The van der Waals surface area contributed by atoms with E-state index < -0.39 is 29.6 Å². The SMILES string of the molecule is COc1cc2c(nc1OCCCOc1c(OC)cc3sc(C(=O)C[C@H](C)C(=O)O)cc3c1F)CN(C(=O)C[C@H](C)C(=O)O)C2. The summed E-state index contributed by atoms with van der Waals surface area (Å²) in [6, 6.07) is 4.70. The number of methoxy groups -OCH3 is 2. The Kier molecular flexibility index (Phi) is 10.2. The lowest BCUT2D eigenvalue weighted by Gasteiger charge is -2.16. The summed E-state index contributed by atoms with van der Waals surface area (Å²) < 4.78 is 38.2. The minimum absolute atomic E-state index is 0.0577. The van der Waals surface area contributed by atoms with Gasteiger partial charge in [0, 0.05) is 42.0 Å². The molecule has 0 spiro atoms. The van der Waals surface area contributed by atoms with Crippen LogP contribution in [0.1, 0.15) is 54.0 Å². The first-order chi connectivity index (χ1) is 20.9. The maximum atomic E-state index is 15.5. The van der Waals surface area contributed by atoms with Crippen molar-refractivity contribution in [2.45, 2.75) is 46.2 Å². The first-order valence-corrected chi connectivity index (χ1v) is 14.6. The zero-order valence-electron chi connectivity index (χ0n) is 24.7. The van der Waals surface area contributed by atoms with Gasteiger partial charge in [0.2, 0.25) is 5.91 Å². The fourth-order valence-electron chi connectivity index (χ4n) is 4.56. The lowest BCUT2D eigenvalue weighted by Crippen LogP contribution is -2.28. The largest absolute Gasteiger partial charge is 0.493 e. The number of hydrogen-bond donors (Lipinski definition) is 2. The molecule has 14 heteroatoms. The number of hydrogen-bond acceptors (Lipinski definition) is 10. The Balaban J connectivity index is 1.37. The number of ketones is 1. The van der Waals surface area contributed by atoms with E-state index in [2.05, 4.69) is 4.98 Å². The number of benzene rings is 1. The third kappa shape index (κ3) is 7.18. The number of thiophene rings is 1. The lowest BCUT2D eigenvalue weighted by molar-refractivity contribution is -0.145. The van der Waals surface area contributed by atoms with Crippen LogP contribution in [0.2, 0.25) is 0 Å². The van der Waals surface area contributed by atoms with Crippen molar-refractivity contribution in [3.63, 3.8) is 0 Å². The lowest BCUT2D eigenvalue weighted by atomic mass is 10.0. The van der Waals surface area contributed by atoms with Crippen molar-refractivity contribution in [1.29, 1.82) is 0 Å². The van der Waals surface area contributed by atoms with Crippen LogP contribution in [0.25, 0.3) is 10.1 Å². The third-order valence-electron chi connectivity index (χ3n) is 7.16. The molecule has 4 rings (SSSR count). The van der Waals surface area contributed by atoms with Gasteiger partial charge >= 0.3 is 11.9 Å². The molecule has 0 saturated carbocycles. The molecule has 0 unspecified atom stereocenters. The summed E-state index contributed by atoms with van der Waals surface area (Å²) in [6.45, 7) is 3.63. The van der Waals surface area contributed by atoms with E-state index in [1.807, 2.05) is 0 Å². The number of aliphatic carboxylic acids is 2. The van der Waals surface area contributed by atoms with Crippen molar-refractivity contribution < 1.29 is 52.7 Å². The monoisotopic (exact) mass is 632 g/mol. The molecule has 2 atom stereocenters. The van der Waals surface area contributed by atoms with Crippen molar-refractivity contribution >= 4 is 45.1 Å². The van der Waals surface area contributed by atoms with Gasteiger partial charge in [-0.2, -0.15) is 0 Å². The van der Waals surface area contributed by atoms with Crippen molar-refractivity contribution in [3.05, 3.63) is 40.2 Å². The van der Waals surface area contributed by atoms with E-state index in [9.17, 15) is 19.2 Å². The summed E-state index contributed by atoms with van der Waals surface area (Å²) in [5.41, 5.74) is 1.40. The fourth-order valence-corrected chi connectivity index (χ4v) is 5.60. The van der Waals surface area contributed by atoms with Crippen LogP contribution in [0.3, 0.4) is 0 Å². The first kappa shape index (κ1) is 32.5. The van der Waals surface area contributed by atoms with E-state index in [-0.39, 0.29) is 78.5 Å². The minimum atomic E-state index is -1.08. The average Bonchev–Trinajstić information content (AvgIpc) is 3.61. The van der Waals surface area contributed by atoms with Crippen molar-refractivity contribution in [2.75, 3.05) is 27.4 Å². The van der Waals surface area contributed by atoms with Crippen LogP contribution in [0.5, 0.6) is 23.1 Å². The summed E-state index contributed by atoms with van der Waals surface area (Å²) >= 11 is 1.06. The second-order valence-electron chi connectivity index (χ2n) is 10.5. The second-order valence-corrected chi connectivity index (χ2v) is 11.5. The third-order valence-corrected chi connectivity index (χ3v) is 8.29. The Morgan fingerprint density at radius 3 is 2.27 bits per heavy atom. The van der Waals surface area contributed by atoms with Gasteiger partial charge in [-0.25, -0.2) is 9.37 Å². The number of rotatable bonds is 15. The fraction of sp³-hybridized carbons (Fsp3) is 0.433. The standard InChI is InChI=1S/C30H33FN2O10S/c1-15(29(36)37)8-20(34)24-11-18-23(44-24)12-21(40-3)27(26(18)31)42-6-5-7-43-28-22(41-4)10-17-13-33(14-19(17)32-28)25(35)9-16(2)30(38)39/h10-12,15-16H,5-9,13-14H2,1-4H3,(H,36,37)(H,38,39)/t15-,16-/m0/s1. The number of aromatic nitrogens is 1. The van der Waals surface area contributed by atoms with Crippen LogP contribution in [0.4, 0.5) is 4.39 Å². The molecule has 0 aliphatic carbocycles. The Bertz CT molecular complexity index is 1590. The molecule has 236 valence electrons. The molecule has 3 aromatic rings. The van der Waals surface area contributed by atoms with Gasteiger partial charge in [0.1, 0.15) is 0 Å². The van der Waals surface area contributed by atoms with Crippen LogP contribution in [-0.2, 0) is 27.5 Å². The molecule has 0 bridgehead atoms. The van der Waals surface area contributed by atoms with Crippen molar-refractivity contribution in [2.24, 2.45) is 11.8 Å². The van der Waals surface area contributed by atoms with Crippen LogP contribution in [0, 0.1) is 17.7 Å². The van der Waals surface area contributed by atoms with E-state index in [1.54, 1.807) is 12.1 Å². The number of fused-ring (bicyclic) bond motifs is 2. The van der Waals surface area contributed by atoms with Gasteiger partial charge in [-0.05, 0) is 17.7 Å². The molecule has 12 nitrogen and oxygen atoms in total. The average molecular weight is 633 g/mol. The summed E-state index contributed by atoms with van der Waals surface area (Å²) in [4.78, 5) is 53.6. The highest BCUT2D eigenvalue weighted by molar-refractivity contribution is 7.20. The molecule has 2 N–H and O–H groups in total. The summed E-state index contributed by atoms with van der Waals surface area (Å²) in [5.74, 6) is -4.52. The molecular weight excluding hydrogens is 599 g/mol. The first-order valence-electron chi connectivity index (χ1n) is 13.8. The molecule has 3 heterocycles. The van der Waals surface area contributed by atoms with Gasteiger partial charge in [0.25, 0.3) is 5.88 Å². The Labute approximate surface area is 256 Å². The van der Waals surface area contributed by atoms with Gasteiger partial charge in [-0.3, -0.25) is 19.2 Å². The van der Waals surface area contributed by atoms with Gasteiger partial charge in [0.05, 0.1) is 56.4 Å². The molecule has 1 aliphatic heterocycles.